The largest absolute Gasteiger partial charge is 0.481 e. The molecule has 3 rings (SSSR count). The van der Waals surface area contributed by atoms with Gasteiger partial charge in [0.2, 0.25) is 5.91 Å². The van der Waals surface area contributed by atoms with E-state index in [1.165, 1.54) is 12.1 Å². The van der Waals surface area contributed by atoms with Gasteiger partial charge in [-0.05, 0) is 57.4 Å². The van der Waals surface area contributed by atoms with Crippen molar-refractivity contribution in [1.29, 1.82) is 0 Å². The molecule has 1 aromatic rings. The normalized spacial score (nSPS) is 30.3. The van der Waals surface area contributed by atoms with Crippen LogP contribution in [0.4, 0.5) is 0 Å². The van der Waals surface area contributed by atoms with Crippen LogP contribution < -0.4 is 0 Å². The number of sulfone groups is 1. The lowest BCUT2D eigenvalue weighted by Crippen LogP contribution is -2.51. The van der Waals surface area contributed by atoms with E-state index in [4.69, 9.17) is 16.3 Å². The van der Waals surface area contributed by atoms with Gasteiger partial charge in [-0.3, -0.25) is 9.59 Å². The van der Waals surface area contributed by atoms with Crippen LogP contribution in [-0.4, -0.2) is 60.8 Å². The van der Waals surface area contributed by atoms with Crippen LogP contribution in [0.25, 0.3) is 0 Å². The zero-order valence-corrected chi connectivity index (χ0v) is 18.2. The summed E-state index contributed by atoms with van der Waals surface area (Å²) in [5.41, 5.74) is 0.509. The van der Waals surface area contributed by atoms with Gasteiger partial charge < -0.3 is 14.7 Å². The Balaban J connectivity index is 1.87. The summed E-state index contributed by atoms with van der Waals surface area (Å²) in [7, 11) is -3.79. The third-order valence-electron chi connectivity index (χ3n) is 5.77. The molecular weight excluding hydrogens is 418 g/mol. The van der Waals surface area contributed by atoms with Crippen molar-refractivity contribution < 1.29 is 27.9 Å². The fourth-order valence-corrected chi connectivity index (χ4v) is 6.77. The van der Waals surface area contributed by atoms with E-state index < -0.39 is 32.9 Å². The Bertz CT molecular complexity index is 908. The van der Waals surface area contributed by atoms with Gasteiger partial charge in [-0.15, -0.1) is 0 Å². The van der Waals surface area contributed by atoms with Crippen molar-refractivity contribution in [2.75, 3.05) is 13.1 Å². The number of hydrogen-bond acceptors (Lipinski definition) is 5. The Kier molecular flexibility index (Phi) is 6.27. The lowest BCUT2D eigenvalue weighted by Gasteiger charge is -2.37. The molecule has 2 fully saturated rings. The van der Waals surface area contributed by atoms with Crippen molar-refractivity contribution in [3.8, 4) is 0 Å². The molecule has 1 aliphatic carbocycles. The van der Waals surface area contributed by atoms with Crippen LogP contribution in [0.5, 0.6) is 0 Å². The van der Waals surface area contributed by atoms with Crippen LogP contribution in [0.15, 0.2) is 23.1 Å². The highest BCUT2D eigenvalue weighted by Gasteiger charge is 2.49. The number of carbonyl (C=O) groups is 2. The number of hydrogen-bond donors (Lipinski definition) is 1. The maximum atomic E-state index is 13.2. The number of amides is 1. The first-order valence-corrected chi connectivity index (χ1v) is 11.6. The van der Waals surface area contributed by atoms with E-state index in [-0.39, 0.29) is 35.9 Å². The smallest absolute Gasteiger partial charge is 0.307 e. The average molecular weight is 444 g/mol. The highest BCUT2D eigenvalue weighted by Crippen LogP contribution is 2.40. The first-order valence-electron chi connectivity index (χ1n) is 9.67. The minimum atomic E-state index is -3.79. The first kappa shape index (κ1) is 22.1. The summed E-state index contributed by atoms with van der Waals surface area (Å²) >= 11 is 5.93. The van der Waals surface area contributed by atoms with Crippen molar-refractivity contribution in [3.05, 3.63) is 28.8 Å². The Morgan fingerprint density at radius 3 is 2.28 bits per heavy atom. The highest BCUT2D eigenvalue weighted by atomic mass is 35.5. The van der Waals surface area contributed by atoms with Crippen molar-refractivity contribution in [2.45, 2.75) is 56.0 Å². The molecule has 160 valence electrons. The molecule has 1 amide bonds. The molecule has 29 heavy (non-hydrogen) atoms. The molecule has 7 nitrogen and oxygen atoms in total. The zero-order valence-electron chi connectivity index (χ0n) is 16.7. The summed E-state index contributed by atoms with van der Waals surface area (Å²) in [6.45, 7) is 6.12. The number of benzene rings is 1. The molecule has 1 saturated carbocycles. The van der Waals surface area contributed by atoms with Gasteiger partial charge in [-0.1, -0.05) is 11.6 Å². The Labute approximate surface area is 175 Å². The van der Waals surface area contributed by atoms with E-state index in [0.29, 0.717) is 23.7 Å². The third-order valence-corrected chi connectivity index (χ3v) is 8.34. The highest BCUT2D eigenvalue weighted by molar-refractivity contribution is 7.92. The van der Waals surface area contributed by atoms with Crippen molar-refractivity contribution >= 4 is 33.3 Å². The second kappa shape index (κ2) is 8.24. The molecule has 1 aromatic carbocycles. The number of nitrogens with zero attached hydrogens (tertiary/aromatic N) is 1. The molecule has 5 atom stereocenters. The minimum absolute atomic E-state index is 0.000316. The SMILES string of the molecule is Cc1cc(Cl)ccc1S(=O)(=O)C1CC(C(=O)O)C(C(=O)N2C[C@@H](C)O[C@@H](C)C2)C1. The van der Waals surface area contributed by atoms with Crippen LogP contribution in [0.3, 0.4) is 0 Å². The summed E-state index contributed by atoms with van der Waals surface area (Å²) in [5.74, 6) is -3.33. The summed E-state index contributed by atoms with van der Waals surface area (Å²) in [6, 6.07) is 4.52. The van der Waals surface area contributed by atoms with Crippen LogP contribution in [0, 0.1) is 18.8 Å². The molecule has 1 saturated heterocycles. The van der Waals surface area contributed by atoms with Gasteiger partial charge in [0.1, 0.15) is 0 Å². The number of ether oxygens (including phenoxy) is 1. The van der Waals surface area contributed by atoms with E-state index >= 15 is 0 Å². The summed E-state index contributed by atoms with van der Waals surface area (Å²) < 4.78 is 32.0. The molecule has 9 heteroatoms. The van der Waals surface area contributed by atoms with Crippen molar-refractivity contribution in [3.63, 3.8) is 0 Å². The van der Waals surface area contributed by atoms with E-state index in [2.05, 4.69) is 0 Å². The van der Waals surface area contributed by atoms with Gasteiger partial charge in [0.05, 0.1) is 34.2 Å². The molecule has 0 radical (unpaired) electrons. The molecular formula is C20H26ClNO6S. The predicted octanol–water partition coefficient (Wildman–Crippen LogP) is 2.54. The van der Waals surface area contributed by atoms with Crippen LogP contribution >= 0.6 is 11.6 Å². The third kappa shape index (κ3) is 4.44. The fraction of sp³-hybridized carbons (Fsp3) is 0.600. The fourth-order valence-electron chi connectivity index (χ4n) is 4.49. The molecule has 3 unspecified atom stereocenters. The number of halogens is 1. The van der Waals surface area contributed by atoms with E-state index in [1.807, 2.05) is 13.8 Å². The van der Waals surface area contributed by atoms with Crippen LogP contribution in [0.2, 0.25) is 5.02 Å². The molecule has 1 aliphatic heterocycles. The maximum Gasteiger partial charge on any atom is 0.307 e. The quantitative estimate of drug-likeness (QED) is 0.767. The van der Waals surface area contributed by atoms with Gasteiger partial charge in [0.25, 0.3) is 0 Å². The number of aryl methyl sites for hydroxylation is 1. The number of carboxylic acid groups (broad SMARTS) is 1. The van der Waals surface area contributed by atoms with E-state index in [0.717, 1.165) is 0 Å². The summed E-state index contributed by atoms with van der Waals surface area (Å²) in [5, 5.41) is 9.18. The van der Waals surface area contributed by atoms with Gasteiger partial charge >= 0.3 is 5.97 Å². The van der Waals surface area contributed by atoms with Crippen molar-refractivity contribution in [2.24, 2.45) is 11.8 Å². The number of morpholine rings is 1. The van der Waals surface area contributed by atoms with E-state index in [1.54, 1.807) is 17.9 Å². The first-order chi connectivity index (χ1) is 13.5. The number of aliphatic carboxylic acids is 1. The topological polar surface area (TPSA) is 101 Å². The molecule has 1 heterocycles. The van der Waals surface area contributed by atoms with Gasteiger partial charge in [0, 0.05) is 18.1 Å². The Morgan fingerprint density at radius 1 is 1.14 bits per heavy atom. The van der Waals surface area contributed by atoms with Gasteiger partial charge in [-0.2, -0.15) is 0 Å². The van der Waals surface area contributed by atoms with Crippen LogP contribution in [-0.2, 0) is 24.2 Å². The van der Waals surface area contributed by atoms with Gasteiger partial charge in [0.15, 0.2) is 9.84 Å². The minimum Gasteiger partial charge on any atom is -0.481 e. The summed E-state index contributed by atoms with van der Waals surface area (Å²) in [4.78, 5) is 26.7. The Morgan fingerprint density at radius 2 is 1.72 bits per heavy atom. The number of carbonyl (C=O) groups excluding carboxylic acids is 1. The monoisotopic (exact) mass is 443 g/mol. The summed E-state index contributed by atoms with van der Waals surface area (Å²) in [6.07, 6.45) is -0.376. The van der Waals surface area contributed by atoms with Crippen LogP contribution in [0.1, 0.15) is 32.3 Å². The number of rotatable bonds is 4. The van der Waals surface area contributed by atoms with E-state index in [9.17, 15) is 23.1 Å². The zero-order chi connectivity index (χ0) is 21.5. The molecule has 2 aliphatic rings. The molecule has 0 bridgehead atoms. The average Bonchev–Trinajstić information content (AvgIpc) is 3.06. The van der Waals surface area contributed by atoms with Gasteiger partial charge in [-0.25, -0.2) is 8.42 Å². The maximum absolute atomic E-state index is 13.2. The standard InChI is InChI=1S/C20H26ClNO6S/c1-11-6-14(21)4-5-18(11)29(26,27)15-7-16(17(8-15)20(24)25)19(23)22-9-12(2)28-13(3)10-22/h4-6,12-13,15-17H,7-10H2,1-3H3,(H,24,25)/t12-,13+,15?,16?,17?. The second-order valence-electron chi connectivity index (χ2n) is 8.10. The Hall–Kier alpha value is -1.64. The lowest BCUT2D eigenvalue weighted by atomic mass is 9.94. The number of carboxylic acids is 1. The lowest BCUT2D eigenvalue weighted by molar-refractivity contribution is -0.154. The second-order valence-corrected chi connectivity index (χ2v) is 10.7. The molecule has 0 spiro atoms. The van der Waals surface area contributed by atoms with Crippen molar-refractivity contribution in [1.82, 2.24) is 4.90 Å². The predicted molar refractivity (Wildman–Crippen MR) is 108 cm³/mol. The molecule has 0 aromatic heterocycles. The molecule has 1 N–H and O–H groups in total.